The first-order valence-corrected chi connectivity index (χ1v) is 10.3. The minimum Gasteiger partial charge on any atom is -0.489 e. The van der Waals surface area contributed by atoms with E-state index in [-0.39, 0.29) is 5.91 Å². The van der Waals surface area contributed by atoms with Crippen molar-refractivity contribution in [2.45, 2.75) is 39.3 Å². The summed E-state index contributed by atoms with van der Waals surface area (Å²) in [7, 11) is 0. The van der Waals surface area contributed by atoms with E-state index in [4.69, 9.17) is 4.74 Å². The zero-order chi connectivity index (χ0) is 18.1. The number of fused-ring (bicyclic) bond motifs is 1. The Morgan fingerprint density at radius 3 is 3.00 bits per heavy atom. The number of aryl methyl sites for hydroxylation is 2. The molecule has 4 nitrogen and oxygen atoms in total. The highest BCUT2D eigenvalue weighted by atomic mass is 32.1. The molecule has 0 N–H and O–H groups in total. The Balaban J connectivity index is 1.38. The molecule has 0 aliphatic carbocycles. The molecule has 2 aliphatic rings. The molecule has 2 fully saturated rings. The molecule has 1 aromatic carbocycles. The van der Waals surface area contributed by atoms with Gasteiger partial charge in [0.1, 0.15) is 12.4 Å². The van der Waals surface area contributed by atoms with Gasteiger partial charge in [0.2, 0.25) is 0 Å². The first-order chi connectivity index (χ1) is 12.6. The van der Waals surface area contributed by atoms with Crippen molar-refractivity contribution >= 4 is 17.2 Å². The monoisotopic (exact) mass is 370 g/mol. The van der Waals surface area contributed by atoms with E-state index < -0.39 is 0 Å². The summed E-state index contributed by atoms with van der Waals surface area (Å²) < 4.78 is 5.97. The molecule has 0 bridgehead atoms. The molecular weight excluding hydrogens is 344 g/mol. The summed E-state index contributed by atoms with van der Waals surface area (Å²) in [6.45, 7) is 8.57. The average molecular weight is 371 g/mol. The van der Waals surface area contributed by atoms with E-state index >= 15 is 0 Å². The smallest absolute Gasteiger partial charge is 0.264 e. The van der Waals surface area contributed by atoms with E-state index in [1.807, 2.05) is 16.3 Å². The lowest BCUT2D eigenvalue weighted by Crippen LogP contribution is -2.51. The van der Waals surface area contributed by atoms with E-state index in [1.165, 1.54) is 36.3 Å². The van der Waals surface area contributed by atoms with Crippen molar-refractivity contribution in [1.29, 1.82) is 0 Å². The number of amides is 1. The van der Waals surface area contributed by atoms with Gasteiger partial charge in [-0.25, -0.2) is 0 Å². The Morgan fingerprint density at radius 1 is 1.23 bits per heavy atom. The number of piperazine rings is 1. The third-order valence-corrected chi connectivity index (χ3v) is 6.44. The van der Waals surface area contributed by atoms with Crippen LogP contribution in [0, 0.1) is 13.8 Å². The summed E-state index contributed by atoms with van der Waals surface area (Å²) in [4.78, 5) is 18.2. The molecule has 0 radical (unpaired) electrons. The van der Waals surface area contributed by atoms with Crippen LogP contribution >= 0.6 is 11.3 Å². The molecule has 1 aromatic heterocycles. The number of thiophene rings is 1. The molecule has 0 spiro atoms. The van der Waals surface area contributed by atoms with Gasteiger partial charge < -0.3 is 9.64 Å². The number of nitrogens with zero attached hydrogens (tertiary/aromatic N) is 2. The molecule has 2 aromatic rings. The third kappa shape index (κ3) is 3.64. The van der Waals surface area contributed by atoms with Crippen LogP contribution in [0.2, 0.25) is 0 Å². The van der Waals surface area contributed by atoms with E-state index in [2.05, 4.69) is 36.9 Å². The Morgan fingerprint density at radius 2 is 2.12 bits per heavy atom. The summed E-state index contributed by atoms with van der Waals surface area (Å²) >= 11 is 1.53. The SMILES string of the molecule is Cc1ccc(C)c(OCc2csc(C(=O)N3CCN4CCCC4C3)c2)c1. The summed E-state index contributed by atoms with van der Waals surface area (Å²) in [6, 6.07) is 8.80. The molecule has 5 heteroatoms. The molecule has 4 rings (SSSR count). The largest absolute Gasteiger partial charge is 0.489 e. The zero-order valence-electron chi connectivity index (χ0n) is 15.5. The van der Waals surface area contributed by atoms with Gasteiger partial charge >= 0.3 is 0 Å². The standard InChI is InChI=1S/C21H26N2O2S/c1-15-5-6-16(2)19(10-15)25-13-17-11-20(26-14-17)21(24)23-9-8-22-7-3-4-18(22)12-23/h5-6,10-11,14,18H,3-4,7-9,12-13H2,1-2H3. The quantitative estimate of drug-likeness (QED) is 0.819. The maximum absolute atomic E-state index is 12.9. The van der Waals surface area contributed by atoms with Crippen molar-refractivity contribution in [2.24, 2.45) is 0 Å². The van der Waals surface area contributed by atoms with Crippen LogP contribution in [0.1, 0.15) is 39.2 Å². The van der Waals surface area contributed by atoms with Crippen LogP contribution in [0.25, 0.3) is 0 Å². The topological polar surface area (TPSA) is 32.8 Å². The van der Waals surface area contributed by atoms with Crippen molar-refractivity contribution in [3.05, 3.63) is 51.2 Å². The van der Waals surface area contributed by atoms with Crippen LogP contribution in [-0.4, -0.2) is 47.9 Å². The fourth-order valence-corrected chi connectivity index (χ4v) is 4.78. The highest BCUT2D eigenvalue weighted by Gasteiger charge is 2.33. The van der Waals surface area contributed by atoms with Crippen LogP contribution in [0.5, 0.6) is 5.75 Å². The summed E-state index contributed by atoms with van der Waals surface area (Å²) in [5, 5.41) is 2.05. The molecular formula is C21H26N2O2S. The number of benzene rings is 1. The molecule has 0 saturated carbocycles. The molecule has 2 saturated heterocycles. The molecule has 1 unspecified atom stereocenters. The molecule has 3 heterocycles. The number of carbonyl (C=O) groups excluding carboxylic acids is 1. The molecule has 26 heavy (non-hydrogen) atoms. The van der Waals surface area contributed by atoms with Crippen LogP contribution in [-0.2, 0) is 6.61 Å². The van der Waals surface area contributed by atoms with Crippen LogP contribution < -0.4 is 4.74 Å². The number of hydrogen-bond donors (Lipinski definition) is 0. The minimum atomic E-state index is 0.180. The van der Waals surface area contributed by atoms with Gasteiger partial charge in [-0.05, 0) is 61.9 Å². The van der Waals surface area contributed by atoms with Crippen molar-refractivity contribution in [2.75, 3.05) is 26.2 Å². The average Bonchev–Trinajstić information content (AvgIpc) is 3.30. The van der Waals surface area contributed by atoms with Crippen molar-refractivity contribution < 1.29 is 9.53 Å². The van der Waals surface area contributed by atoms with Gasteiger partial charge in [0.05, 0.1) is 4.88 Å². The maximum Gasteiger partial charge on any atom is 0.264 e. The predicted octanol–water partition coefficient (Wildman–Crippen LogP) is 3.86. The number of rotatable bonds is 4. The number of ether oxygens (including phenoxy) is 1. The highest BCUT2D eigenvalue weighted by Crippen LogP contribution is 2.25. The maximum atomic E-state index is 12.9. The van der Waals surface area contributed by atoms with Crippen LogP contribution in [0.4, 0.5) is 0 Å². The van der Waals surface area contributed by atoms with E-state index in [9.17, 15) is 4.79 Å². The first-order valence-electron chi connectivity index (χ1n) is 9.41. The van der Waals surface area contributed by atoms with Crippen molar-refractivity contribution in [3.63, 3.8) is 0 Å². The van der Waals surface area contributed by atoms with Gasteiger partial charge in [0, 0.05) is 31.2 Å². The van der Waals surface area contributed by atoms with Gasteiger partial charge in [0.25, 0.3) is 5.91 Å². The van der Waals surface area contributed by atoms with E-state index in [1.54, 1.807) is 0 Å². The van der Waals surface area contributed by atoms with Gasteiger partial charge in [-0.15, -0.1) is 11.3 Å². The van der Waals surface area contributed by atoms with Crippen LogP contribution in [0.3, 0.4) is 0 Å². The second-order valence-corrected chi connectivity index (χ2v) is 8.37. The van der Waals surface area contributed by atoms with Gasteiger partial charge in [0.15, 0.2) is 0 Å². The first kappa shape index (κ1) is 17.6. The lowest BCUT2D eigenvalue weighted by Gasteiger charge is -2.37. The zero-order valence-corrected chi connectivity index (χ0v) is 16.3. The fourth-order valence-electron chi connectivity index (χ4n) is 3.92. The third-order valence-electron chi connectivity index (χ3n) is 5.48. The van der Waals surface area contributed by atoms with E-state index in [0.717, 1.165) is 41.4 Å². The molecule has 138 valence electrons. The highest BCUT2D eigenvalue weighted by molar-refractivity contribution is 7.12. The Labute approximate surface area is 159 Å². The van der Waals surface area contributed by atoms with Gasteiger partial charge in [-0.3, -0.25) is 9.69 Å². The van der Waals surface area contributed by atoms with Crippen molar-refractivity contribution in [3.8, 4) is 5.75 Å². The Bertz CT molecular complexity index is 801. The summed E-state index contributed by atoms with van der Waals surface area (Å²) in [5.74, 6) is 1.10. The number of carbonyl (C=O) groups is 1. The number of hydrogen-bond acceptors (Lipinski definition) is 4. The minimum absolute atomic E-state index is 0.180. The van der Waals surface area contributed by atoms with Gasteiger partial charge in [-0.1, -0.05) is 12.1 Å². The van der Waals surface area contributed by atoms with Gasteiger partial charge in [-0.2, -0.15) is 0 Å². The second kappa shape index (κ2) is 7.41. The van der Waals surface area contributed by atoms with Crippen LogP contribution in [0.15, 0.2) is 29.6 Å². The molecule has 1 atom stereocenters. The fraction of sp³-hybridized carbons (Fsp3) is 0.476. The van der Waals surface area contributed by atoms with Crippen molar-refractivity contribution in [1.82, 2.24) is 9.80 Å². The normalized spacial score (nSPS) is 20.2. The Kier molecular flexibility index (Phi) is 5.00. The lowest BCUT2D eigenvalue weighted by atomic mass is 10.1. The summed E-state index contributed by atoms with van der Waals surface area (Å²) in [5.41, 5.74) is 3.40. The second-order valence-electron chi connectivity index (χ2n) is 7.46. The Hall–Kier alpha value is -1.85. The lowest BCUT2D eigenvalue weighted by molar-refractivity contribution is 0.0576. The summed E-state index contributed by atoms with van der Waals surface area (Å²) in [6.07, 6.45) is 2.49. The predicted molar refractivity (Wildman–Crippen MR) is 105 cm³/mol. The van der Waals surface area contributed by atoms with E-state index in [0.29, 0.717) is 12.6 Å². The molecule has 2 aliphatic heterocycles. The molecule has 1 amide bonds.